The minimum absolute atomic E-state index is 0.301. The number of rotatable bonds is 5. The maximum atomic E-state index is 13.6. The molecule has 1 aliphatic rings. The van der Waals surface area contributed by atoms with Crippen LogP contribution in [0.4, 0.5) is 8.78 Å². The zero-order valence-electron chi connectivity index (χ0n) is 17.4. The Morgan fingerprint density at radius 1 is 1.15 bits per heavy atom. The van der Waals surface area contributed by atoms with Crippen LogP contribution in [0.25, 0.3) is 23.1 Å². The van der Waals surface area contributed by atoms with Crippen LogP contribution in [0.1, 0.15) is 27.9 Å². The summed E-state index contributed by atoms with van der Waals surface area (Å²) in [6.45, 7) is -1.32. The molecular weight excluding hydrogens is 428 g/mol. The lowest BCUT2D eigenvalue weighted by atomic mass is 10.0. The Bertz CT molecular complexity index is 1270. The van der Waals surface area contributed by atoms with Crippen LogP contribution in [-0.4, -0.2) is 51.7 Å². The molecule has 1 aromatic carbocycles. The number of alkyl halides is 2. The van der Waals surface area contributed by atoms with Gasteiger partial charge in [-0.25, -0.2) is 8.78 Å². The number of nitrogens with one attached hydrogen (secondary N) is 1. The first-order valence-corrected chi connectivity index (χ1v) is 10.2. The maximum Gasteiger partial charge on any atom is 0.268 e. The third-order valence-corrected chi connectivity index (χ3v) is 5.32. The van der Waals surface area contributed by atoms with E-state index in [0.717, 1.165) is 16.0 Å². The number of hydrogen-bond donors (Lipinski definition) is 1. The van der Waals surface area contributed by atoms with Crippen LogP contribution in [0.2, 0.25) is 0 Å². The van der Waals surface area contributed by atoms with Crippen LogP contribution >= 0.6 is 0 Å². The summed E-state index contributed by atoms with van der Waals surface area (Å²) >= 11 is 0. The summed E-state index contributed by atoms with van der Waals surface area (Å²) in [5.41, 5.74) is 2.71. The lowest BCUT2D eigenvalue weighted by Crippen LogP contribution is -2.43. The van der Waals surface area contributed by atoms with Crippen molar-refractivity contribution in [3.63, 3.8) is 0 Å². The van der Waals surface area contributed by atoms with Gasteiger partial charge in [0.05, 0.1) is 30.2 Å². The Hall–Kier alpha value is -4.19. The van der Waals surface area contributed by atoms with Gasteiger partial charge in [-0.3, -0.25) is 19.6 Å². The highest BCUT2D eigenvalue weighted by Crippen LogP contribution is 2.31. The van der Waals surface area contributed by atoms with Crippen LogP contribution in [0, 0.1) is 11.3 Å². The Morgan fingerprint density at radius 2 is 1.91 bits per heavy atom. The Kier molecular flexibility index (Phi) is 6.09. The van der Waals surface area contributed by atoms with Crippen molar-refractivity contribution in [3.8, 4) is 6.07 Å². The van der Waals surface area contributed by atoms with Crippen LogP contribution in [0.3, 0.4) is 0 Å². The van der Waals surface area contributed by atoms with Gasteiger partial charge in [0.1, 0.15) is 6.04 Å². The van der Waals surface area contributed by atoms with E-state index < -0.39 is 43.3 Å². The molecule has 0 spiro atoms. The molecule has 166 valence electrons. The lowest BCUT2D eigenvalue weighted by molar-refractivity contribution is -0.131. The van der Waals surface area contributed by atoms with Crippen molar-refractivity contribution in [2.75, 3.05) is 13.1 Å². The molecule has 1 N–H and O–H groups in total. The number of pyridine rings is 2. The zero-order valence-corrected chi connectivity index (χ0v) is 17.4. The van der Waals surface area contributed by atoms with E-state index in [9.17, 15) is 18.4 Å². The number of fused-ring (bicyclic) bond motifs is 1. The summed E-state index contributed by atoms with van der Waals surface area (Å²) < 4.78 is 27.2. The summed E-state index contributed by atoms with van der Waals surface area (Å²) in [5.74, 6) is -4.38. The molecule has 2 amide bonds. The van der Waals surface area contributed by atoms with Crippen molar-refractivity contribution in [1.29, 1.82) is 5.26 Å². The van der Waals surface area contributed by atoms with Crippen molar-refractivity contribution < 1.29 is 18.4 Å². The molecule has 1 unspecified atom stereocenters. The highest BCUT2D eigenvalue weighted by Gasteiger charge is 2.47. The molecule has 0 aliphatic carbocycles. The summed E-state index contributed by atoms with van der Waals surface area (Å²) in [7, 11) is 0. The lowest BCUT2D eigenvalue weighted by Gasteiger charge is -2.19. The Balaban J connectivity index is 1.50. The van der Waals surface area contributed by atoms with Gasteiger partial charge in [0.15, 0.2) is 0 Å². The predicted octanol–water partition coefficient (Wildman–Crippen LogP) is 3.29. The second-order valence-corrected chi connectivity index (χ2v) is 7.66. The summed E-state index contributed by atoms with van der Waals surface area (Å²) in [5, 5.41) is 12.1. The van der Waals surface area contributed by atoms with Crippen molar-refractivity contribution in [2.24, 2.45) is 0 Å². The van der Waals surface area contributed by atoms with Crippen LogP contribution in [0.15, 0.2) is 55.0 Å². The van der Waals surface area contributed by atoms with Gasteiger partial charge in [0, 0.05) is 30.4 Å². The fourth-order valence-corrected chi connectivity index (χ4v) is 3.68. The van der Waals surface area contributed by atoms with Crippen molar-refractivity contribution in [3.05, 3.63) is 71.7 Å². The molecule has 1 fully saturated rings. The van der Waals surface area contributed by atoms with E-state index in [-0.39, 0.29) is 0 Å². The fourth-order valence-electron chi connectivity index (χ4n) is 3.68. The molecule has 1 aliphatic heterocycles. The minimum atomic E-state index is -3.11. The predicted molar refractivity (Wildman–Crippen MR) is 118 cm³/mol. The third kappa shape index (κ3) is 5.01. The molecule has 33 heavy (non-hydrogen) atoms. The van der Waals surface area contributed by atoms with Gasteiger partial charge in [-0.2, -0.15) is 5.26 Å². The second kappa shape index (κ2) is 9.12. The van der Waals surface area contributed by atoms with E-state index in [4.69, 9.17) is 5.26 Å². The highest BCUT2D eigenvalue weighted by atomic mass is 19.3. The molecule has 3 aromatic rings. The van der Waals surface area contributed by atoms with E-state index >= 15 is 0 Å². The molecule has 9 heteroatoms. The van der Waals surface area contributed by atoms with Gasteiger partial charge >= 0.3 is 0 Å². The minimum Gasteiger partial charge on any atom is -0.343 e. The van der Waals surface area contributed by atoms with Gasteiger partial charge in [-0.05, 0) is 41.5 Å². The second-order valence-electron chi connectivity index (χ2n) is 7.66. The van der Waals surface area contributed by atoms with Crippen LogP contribution < -0.4 is 5.32 Å². The molecule has 1 saturated heterocycles. The smallest absolute Gasteiger partial charge is 0.268 e. The number of hydrogen-bond acceptors (Lipinski definition) is 5. The van der Waals surface area contributed by atoms with Gasteiger partial charge in [0.2, 0.25) is 5.91 Å². The standard InChI is InChI=1S/C24H19F2N5O2/c25-24(26)12-18(13-27)31(15-24)22(32)14-30-23(33)19-7-10-29-21-4-3-17(11-20(19)21)2-1-16-5-8-28-9-6-16/h1-11,18H,12,14-15H2,(H,30,33). The van der Waals surface area contributed by atoms with E-state index in [2.05, 4.69) is 15.3 Å². The van der Waals surface area contributed by atoms with E-state index in [0.29, 0.717) is 16.5 Å². The molecular formula is C24H19F2N5O2. The first kappa shape index (κ1) is 22.0. The molecule has 2 aromatic heterocycles. The number of likely N-dealkylation sites (tertiary alicyclic amines) is 1. The summed E-state index contributed by atoms with van der Waals surface area (Å²) in [4.78, 5) is 34.2. The number of nitrogens with zero attached hydrogens (tertiary/aromatic N) is 4. The average Bonchev–Trinajstić information content (AvgIpc) is 3.15. The average molecular weight is 447 g/mol. The van der Waals surface area contributed by atoms with Crippen molar-refractivity contribution in [1.82, 2.24) is 20.2 Å². The summed E-state index contributed by atoms with van der Waals surface area (Å²) in [6.07, 6.45) is 7.97. The Morgan fingerprint density at radius 3 is 2.67 bits per heavy atom. The molecule has 0 bridgehead atoms. The highest BCUT2D eigenvalue weighted by molar-refractivity contribution is 6.07. The number of aromatic nitrogens is 2. The monoisotopic (exact) mass is 447 g/mol. The topological polar surface area (TPSA) is 99.0 Å². The van der Waals surface area contributed by atoms with Crippen LogP contribution in [0.5, 0.6) is 0 Å². The van der Waals surface area contributed by atoms with Gasteiger partial charge in [-0.15, -0.1) is 0 Å². The van der Waals surface area contributed by atoms with Crippen LogP contribution in [-0.2, 0) is 4.79 Å². The first-order valence-electron chi connectivity index (χ1n) is 10.2. The Labute approximate surface area is 188 Å². The van der Waals surface area contributed by atoms with Crippen molar-refractivity contribution in [2.45, 2.75) is 18.4 Å². The molecule has 4 rings (SSSR count). The number of carbonyl (C=O) groups excluding carboxylic acids is 2. The molecule has 0 radical (unpaired) electrons. The largest absolute Gasteiger partial charge is 0.343 e. The quantitative estimate of drug-likeness (QED) is 0.647. The SMILES string of the molecule is N#CC1CC(F)(F)CN1C(=O)CNC(=O)c1ccnc2ccc(C=Cc3ccncc3)cc12. The zero-order chi connectivity index (χ0) is 23.4. The van der Waals surface area contributed by atoms with Gasteiger partial charge in [0.25, 0.3) is 11.8 Å². The van der Waals surface area contributed by atoms with E-state index in [1.54, 1.807) is 24.5 Å². The van der Waals surface area contributed by atoms with Gasteiger partial charge in [-0.1, -0.05) is 18.2 Å². The molecule has 0 saturated carbocycles. The molecule has 3 heterocycles. The molecule has 7 nitrogen and oxygen atoms in total. The number of carbonyl (C=O) groups is 2. The molecule has 1 atom stereocenters. The number of benzene rings is 1. The number of halogens is 2. The first-order chi connectivity index (χ1) is 15.9. The maximum absolute atomic E-state index is 13.6. The normalized spacial score (nSPS) is 17.2. The fraction of sp³-hybridized carbons (Fsp3) is 0.208. The third-order valence-electron chi connectivity index (χ3n) is 5.32. The van der Waals surface area contributed by atoms with E-state index in [1.807, 2.05) is 36.4 Å². The number of nitriles is 1. The van der Waals surface area contributed by atoms with E-state index in [1.165, 1.54) is 12.3 Å². The van der Waals surface area contributed by atoms with Gasteiger partial charge < -0.3 is 10.2 Å². The summed E-state index contributed by atoms with van der Waals surface area (Å²) in [6, 6.07) is 11.2. The number of amides is 2. The van der Waals surface area contributed by atoms with Crippen molar-refractivity contribution >= 4 is 34.9 Å².